The van der Waals surface area contributed by atoms with E-state index in [2.05, 4.69) is 0 Å². The van der Waals surface area contributed by atoms with Crippen LogP contribution >= 0.6 is 11.6 Å². The summed E-state index contributed by atoms with van der Waals surface area (Å²) in [6, 6.07) is 7.81. The number of benzene rings is 1. The Morgan fingerprint density at radius 3 is 2.44 bits per heavy atom. The maximum absolute atomic E-state index is 12.2. The first kappa shape index (κ1) is 12.0. The van der Waals surface area contributed by atoms with Gasteiger partial charge in [0.25, 0.3) is 0 Å². The molecular formula is C15H17ClO2. The summed E-state index contributed by atoms with van der Waals surface area (Å²) in [6.07, 6.45) is 0.981. The number of rotatable bonds is 2. The highest BCUT2D eigenvalue weighted by Gasteiger charge is 2.84. The predicted molar refractivity (Wildman–Crippen MR) is 70.6 cm³/mol. The van der Waals surface area contributed by atoms with Gasteiger partial charge in [-0.3, -0.25) is 4.79 Å². The van der Waals surface area contributed by atoms with Crippen molar-refractivity contribution < 1.29 is 9.53 Å². The molecule has 2 fully saturated rings. The van der Waals surface area contributed by atoms with Gasteiger partial charge in [-0.2, -0.15) is 0 Å². The molecule has 2 aliphatic rings. The largest absolute Gasteiger partial charge is 0.460 e. The van der Waals surface area contributed by atoms with Crippen molar-refractivity contribution in [3.63, 3.8) is 0 Å². The van der Waals surface area contributed by atoms with E-state index in [-0.39, 0.29) is 11.4 Å². The molecule has 3 rings (SSSR count). The summed E-state index contributed by atoms with van der Waals surface area (Å²) < 4.78 is 5.52. The number of fused-ring (bicyclic) bond motifs is 1. The number of halogens is 1. The van der Waals surface area contributed by atoms with Gasteiger partial charge in [0, 0.05) is 10.9 Å². The van der Waals surface area contributed by atoms with Crippen molar-refractivity contribution in [2.45, 2.75) is 38.7 Å². The lowest BCUT2D eigenvalue weighted by Gasteiger charge is -2.22. The lowest BCUT2D eigenvalue weighted by Crippen LogP contribution is -2.27. The molecule has 18 heavy (non-hydrogen) atoms. The van der Waals surface area contributed by atoms with E-state index in [0.717, 1.165) is 11.4 Å². The first-order valence-corrected chi connectivity index (χ1v) is 6.71. The molecule has 1 aromatic rings. The first-order valence-electron chi connectivity index (χ1n) is 6.33. The van der Waals surface area contributed by atoms with E-state index in [1.807, 2.05) is 45.0 Å². The Morgan fingerprint density at radius 2 is 1.94 bits per heavy atom. The molecule has 3 unspecified atom stereocenters. The summed E-state index contributed by atoms with van der Waals surface area (Å²) in [6.45, 7) is 5.75. The van der Waals surface area contributed by atoms with Gasteiger partial charge in [-0.1, -0.05) is 23.7 Å². The van der Waals surface area contributed by atoms with Crippen LogP contribution in [-0.2, 0) is 9.53 Å². The molecule has 0 aliphatic heterocycles. The average molecular weight is 265 g/mol. The second-order valence-corrected chi connectivity index (χ2v) is 6.82. The third-order valence-corrected chi connectivity index (χ3v) is 4.17. The van der Waals surface area contributed by atoms with Gasteiger partial charge in [0.2, 0.25) is 0 Å². The molecule has 2 saturated carbocycles. The van der Waals surface area contributed by atoms with Crippen LogP contribution in [0.15, 0.2) is 24.3 Å². The lowest BCUT2D eigenvalue weighted by atomic mass is 9.97. The summed E-state index contributed by atoms with van der Waals surface area (Å²) in [5.74, 6) is 0.818. The Labute approximate surface area is 112 Å². The molecule has 0 saturated heterocycles. The zero-order valence-corrected chi connectivity index (χ0v) is 11.6. The Balaban J connectivity index is 1.74. The highest BCUT2D eigenvalue weighted by Crippen LogP contribution is 2.84. The van der Waals surface area contributed by atoms with Crippen molar-refractivity contribution in [3.05, 3.63) is 34.9 Å². The first-order chi connectivity index (χ1) is 8.34. The number of esters is 1. The Bertz CT molecular complexity index is 500. The molecule has 0 spiro atoms. The number of ether oxygens (including phenoxy) is 1. The standard InChI is InChI=1S/C15H17ClO2/c1-14(2,3)18-13(17)15-8-11(15)12(15)9-4-6-10(16)7-5-9/h4-7,11-12H,8H2,1-3H3. The topological polar surface area (TPSA) is 26.3 Å². The zero-order chi connectivity index (χ0) is 13.1. The quantitative estimate of drug-likeness (QED) is 0.760. The second kappa shape index (κ2) is 3.51. The molecule has 0 heterocycles. The lowest BCUT2D eigenvalue weighted by molar-refractivity contribution is -0.159. The highest BCUT2D eigenvalue weighted by molar-refractivity contribution is 6.30. The number of carbonyl (C=O) groups is 1. The smallest absolute Gasteiger partial charge is 0.313 e. The van der Waals surface area contributed by atoms with Crippen molar-refractivity contribution in [3.8, 4) is 0 Å². The third-order valence-electron chi connectivity index (χ3n) is 3.92. The van der Waals surface area contributed by atoms with Crippen LogP contribution in [0, 0.1) is 11.3 Å². The number of hydrogen-bond acceptors (Lipinski definition) is 2. The fraction of sp³-hybridized carbons (Fsp3) is 0.533. The monoisotopic (exact) mass is 264 g/mol. The van der Waals surface area contributed by atoms with Crippen molar-refractivity contribution in [2.75, 3.05) is 0 Å². The van der Waals surface area contributed by atoms with Gasteiger partial charge in [0.05, 0.1) is 5.41 Å². The van der Waals surface area contributed by atoms with Gasteiger partial charge in [-0.05, 0) is 50.8 Å². The molecule has 0 N–H and O–H groups in total. The van der Waals surface area contributed by atoms with Gasteiger partial charge >= 0.3 is 5.97 Å². The molecule has 0 bridgehead atoms. The van der Waals surface area contributed by atoms with E-state index in [1.165, 1.54) is 5.56 Å². The van der Waals surface area contributed by atoms with E-state index in [1.54, 1.807) is 0 Å². The van der Waals surface area contributed by atoms with Crippen LogP contribution in [0.5, 0.6) is 0 Å². The van der Waals surface area contributed by atoms with Gasteiger partial charge in [0.1, 0.15) is 5.60 Å². The number of hydrogen-bond donors (Lipinski definition) is 0. The van der Waals surface area contributed by atoms with Crippen molar-refractivity contribution in [2.24, 2.45) is 11.3 Å². The Kier molecular flexibility index (Phi) is 2.34. The zero-order valence-electron chi connectivity index (χ0n) is 10.9. The van der Waals surface area contributed by atoms with E-state index in [4.69, 9.17) is 16.3 Å². The van der Waals surface area contributed by atoms with Crippen LogP contribution in [0.2, 0.25) is 5.02 Å². The highest BCUT2D eigenvalue weighted by atomic mass is 35.5. The van der Waals surface area contributed by atoms with Crippen LogP contribution < -0.4 is 0 Å². The molecule has 1 aromatic carbocycles. The van der Waals surface area contributed by atoms with Crippen molar-refractivity contribution in [1.29, 1.82) is 0 Å². The van der Waals surface area contributed by atoms with Crippen LogP contribution in [0.4, 0.5) is 0 Å². The van der Waals surface area contributed by atoms with Gasteiger partial charge in [0.15, 0.2) is 0 Å². The van der Waals surface area contributed by atoms with E-state index >= 15 is 0 Å². The molecular weight excluding hydrogens is 248 g/mol. The second-order valence-electron chi connectivity index (χ2n) is 6.38. The van der Waals surface area contributed by atoms with Gasteiger partial charge < -0.3 is 4.74 Å². The van der Waals surface area contributed by atoms with Crippen LogP contribution in [0.3, 0.4) is 0 Å². The average Bonchev–Trinajstić information content (AvgIpc) is 3.06. The maximum atomic E-state index is 12.2. The normalized spacial score (nSPS) is 32.7. The maximum Gasteiger partial charge on any atom is 0.313 e. The van der Waals surface area contributed by atoms with Crippen LogP contribution in [-0.4, -0.2) is 11.6 Å². The molecule has 0 radical (unpaired) electrons. The SMILES string of the molecule is CC(C)(C)OC(=O)C12CC1C2c1ccc(Cl)cc1. The van der Waals surface area contributed by atoms with Crippen LogP contribution in [0.1, 0.15) is 38.7 Å². The summed E-state index contributed by atoms with van der Waals surface area (Å²) in [5, 5.41) is 0.736. The fourth-order valence-electron chi connectivity index (χ4n) is 2.84. The minimum Gasteiger partial charge on any atom is -0.460 e. The summed E-state index contributed by atoms with van der Waals surface area (Å²) in [5.41, 5.74) is 0.606. The summed E-state index contributed by atoms with van der Waals surface area (Å²) in [7, 11) is 0. The molecule has 3 heteroatoms. The Morgan fingerprint density at radius 1 is 1.33 bits per heavy atom. The van der Waals surface area contributed by atoms with Crippen molar-refractivity contribution >= 4 is 17.6 Å². The number of carbonyl (C=O) groups excluding carboxylic acids is 1. The molecule has 2 nitrogen and oxygen atoms in total. The Hall–Kier alpha value is -1.02. The third kappa shape index (κ3) is 1.74. The van der Waals surface area contributed by atoms with E-state index in [9.17, 15) is 4.79 Å². The van der Waals surface area contributed by atoms with Crippen molar-refractivity contribution in [1.82, 2.24) is 0 Å². The molecule has 96 valence electrons. The van der Waals surface area contributed by atoms with E-state index in [0.29, 0.717) is 11.8 Å². The minimum atomic E-state index is -0.397. The summed E-state index contributed by atoms with van der Waals surface area (Å²) in [4.78, 5) is 12.2. The molecule has 0 amide bonds. The molecule has 2 aliphatic carbocycles. The van der Waals surface area contributed by atoms with Crippen LogP contribution in [0.25, 0.3) is 0 Å². The summed E-state index contributed by atoms with van der Waals surface area (Å²) >= 11 is 5.88. The van der Waals surface area contributed by atoms with E-state index < -0.39 is 5.60 Å². The minimum absolute atomic E-state index is 0.0278. The molecule has 3 atom stereocenters. The predicted octanol–water partition coefficient (Wildman–Crippen LogP) is 3.79. The van der Waals surface area contributed by atoms with Gasteiger partial charge in [-0.25, -0.2) is 0 Å². The van der Waals surface area contributed by atoms with Gasteiger partial charge in [-0.15, -0.1) is 0 Å². The fourth-order valence-corrected chi connectivity index (χ4v) is 2.97. The molecule has 0 aromatic heterocycles.